The largest absolute Gasteiger partial charge is 0.349 e. The molecule has 0 heterocycles. The fourth-order valence-electron chi connectivity index (χ4n) is 3.21. The molecule has 0 aromatic heterocycles. The van der Waals surface area contributed by atoms with Gasteiger partial charge < -0.3 is 10.6 Å². The Labute approximate surface area is 148 Å². The van der Waals surface area contributed by atoms with Crippen molar-refractivity contribution in [2.24, 2.45) is 0 Å². The highest BCUT2D eigenvalue weighted by molar-refractivity contribution is 6.09. The van der Waals surface area contributed by atoms with Crippen LogP contribution >= 0.6 is 0 Å². The summed E-state index contributed by atoms with van der Waals surface area (Å²) in [5, 5.41) is 5.94. The molecule has 2 N–H and O–H groups in total. The van der Waals surface area contributed by atoms with Gasteiger partial charge in [-0.1, -0.05) is 44.0 Å². The number of para-hydroxylation sites is 1. The molecule has 0 saturated heterocycles. The van der Waals surface area contributed by atoms with Crippen molar-refractivity contribution in [1.82, 2.24) is 5.32 Å². The second kappa shape index (κ2) is 7.97. The maximum absolute atomic E-state index is 12.6. The highest BCUT2D eigenvalue weighted by Crippen LogP contribution is 2.21. The van der Waals surface area contributed by atoms with E-state index in [0.717, 1.165) is 32.1 Å². The lowest BCUT2D eigenvalue weighted by Crippen LogP contribution is -2.33. The number of rotatable bonds is 5. The number of aryl methyl sites for hydroxylation is 1. The van der Waals surface area contributed by atoms with Gasteiger partial charge in [0.25, 0.3) is 11.8 Å². The maximum Gasteiger partial charge on any atom is 0.255 e. The molecular formula is C21H24N2O2. The number of carbonyl (C=O) groups excluding carboxylic acids is 2. The minimum absolute atomic E-state index is 0.121. The monoisotopic (exact) mass is 336 g/mol. The van der Waals surface area contributed by atoms with Crippen molar-refractivity contribution in [2.75, 3.05) is 5.32 Å². The zero-order valence-electron chi connectivity index (χ0n) is 14.5. The van der Waals surface area contributed by atoms with E-state index < -0.39 is 0 Å². The van der Waals surface area contributed by atoms with E-state index in [-0.39, 0.29) is 17.9 Å². The molecule has 4 heteroatoms. The van der Waals surface area contributed by atoms with Gasteiger partial charge in [0, 0.05) is 11.6 Å². The van der Waals surface area contributed by atoms with Gasteiger partial charge in [0.2, 0.25) is 0 Å². The zero-order valence-corrected chi connectivity index (χ0v) is 14.5. The van der Waals surface area contributed by atoms with Crippen LogP contribution in [0.3, 0.4) is 0 Å². The van der Waals surface area contributed by atoms with Crippen LogP contribution in [-0.4, -0.2) is 17.9 Å². The fourth-order valence-corrected chi connectivity index (χ4v) is 3.21. The Kier molecular flexibility index (Phi) is 5.49. The van der Waals surface area contributed by atoms with E-state index in [9.17, 15) is 9.59 Å². The van der Waals surface area contributed by atoms with Gasteiger partial charge >= 0.3 is 0 Å². The first-order valence-corrected chi connectivity index (χ1v) is 8.97. The molecule has 1 fully saturated rings. The molecule has 4 nitrogen and oxygen atoms in total. The third kappa shape index (κ3) is 4.27. The standard InChI is InChI=1S/C21H24N2O2/c1-2-15-11-13-16(14-12-15)20(24)23-19-10-6-5-9-18(19)21(25)22-17-7-3-4-8-17/h5-6,9-14,17H,2-4,7-8H2,1H3,(H,22,25)(H,23,24). The number of carbonyl (C=O) groups is 2. The molecule has 2 aromatic carbocycles. The molecule has 3 rings (SSSR count). The first kappa shape index (κ1) is 17.2. The predicted molar refractivity (Wildman–Crippen MR) is 99.9 cm³/mol. The van der Waals surface area contributed by atoms with Gasteiger partial charge in [-0.2, -0.15) is 0 Å². The van der Waals surface area contributed by atoms with Crippen molar-refractivity contribution in [1.29, 1.82) is 0 Å². The van der Waals surface area contributed by atoms with Gasteiger partial charge in [-0.05, 0) is 49.1 Å². The van der Waals surface area contributed by atoms with Gasteiger partial charge in [-0.25, -0.2) is 0 Å². The Bertz CT molecular complexity index is 747. The molecule has 0 bridgehead atoms. The highest BCUT2D eigenvalue weighted by atomic mass is 16.2. The lowest BCUT2D eigenvalue weighted by molar-refractivity contribution is 0.0939. The summed E-state index contributed by atoms with van der Waals surface area (Å²) >= 11 is 0. The van der Waals surface area contributed by atoms with E-state index in [1.54, 1.807) is 12.1 Å². The topological polar surface area (TPSA) is 58.2 Å². The zero-order chi connectivity index (χ0) is 17.6. The average molecular weight is 336 g/mol. The summed E-state index contributed by atoms with van der Waals surface area (Å²) in [5.41, 5.74) is 2.83. The summed E-state index contributed by atoms with van der Waals surface area (Å²) in [4.78, 5) is 25.1. The normalized spacial score (nSPS) is 14.3. The van der Waals surface area contributed by atoms with Crippen LogP contribution in [0.1, 0.15) is 58.9 Å². The van der Waals surface area contributed by atoms with Crippen LogP contribution in [0.2, 0.25) is 0 Å². The van der Waals surface area contributed by atoms with E-state index in [2.05, 4.69) is 17.6 Å². The minimum atomic E-state index is -0.205. The Morgan fingerprint density at radius 1 is 0.960 bits per heavy atom. The molecule has 1 saturated carbocycles. The first-order chi connectivity index (χ1) is 12.2. The van der Waals surface area contributed by atoms with E-state index in [1.165, 1.54) is 5.56 Å². The van der Waals surface area contributed by atoms with Crippen LogP contribution in [0.4, 0.5) is 5.69 Å². The Morgan fingerprint density at radius 2 is 1.64 bits per heavy atom. The third-order valence-electron chi connectivity index (χ3n) is 4.73. The second-order valence-corrected chi connectivity index (χ2v) is 6.51. The van der Waals surface area contributed by atoms with Gasteiger partial charge in [-0.15, -0.1) is 0 Å². The molecule has 0 spiro atoms. The molecule has 0 unspecified atom stereocenters. The predicted octanol–water partition coefficient (Wildman–Crippen LogP) is 4.17. The van der Waals surface area contributed by atoms with Crippen LogP contribution in [0, 0.1) is 0 Å². The van der Waals surface area contributed by atoms with E-state index in [0.29, 0.717) is 16.8 Å². The molecule has 0 aliphatic heterocycles. The van der Waals surface area contributed by atoms with Crippen molar-refractivity contribution >= 4 is 17.5 Å². The number of amides is 2. The number of nitrogens with one attached hydrogen (secondary N) is 2. The molecule has 2 amide bonds. The lowest BCUT2D eigenvalue weighted by atomic mass is 10.1. The summed E-state index contributed by atoms with van der Waals surface area (Å²) in [6, 6.07) is 14.9. The van der Waals surface area contributed by atoms with Crippen LogP contribution in [0.25, 0.3) is 0 Å². The van der Waals surface area contributed by atoms with Crippen LogP contribution < -0.4 is 10.6 Å². The van der Waals surface area contributed by atoms with Gasteiger partial charge in [-0.3, -0.25) is 9.59 Å². The third-order valence-corrected chi connectivity index (χ3v) is 4.73. The number of hydrogen-bond donors (Lipinski definition) is 2. The molecule has 0 atom stereocenters. The summed E-state index contributed by atoms with van der Waals surface area (Å²) in [5.74, 6) is -0.326. The van der Waals surface area contributed by atoms with Crippen molar-refractivity contribution < 1.29 is 9.59 Å². The van der Waals surface area contributed by atoms with Crippen molar-refractivity contribution in [3.8, 4) is 0 Å². The smallest absolute Gasteiger partial charge is 0.255 e. The average Bonchev–Trinajstić information content (AvgIpc) is 3.15. The second-order valence-electron chi connectivity index (χ2n) is 6.51. The number of hydrogen-bond acceptors (Lipinski definition) is 2. The van der Waals surface area contributed by atoms with Gasteiger partial charge in [0.1, 0.15) is 0 Å². The van der Waals surface area contributed by atoms with Gasteiger partial charge in [0.05, 0.1) is 11.3 Å². The molecular weight excluding hydrogens is 312 g/mol. The van der Waals surface area contributed by atoms with Crippen LogP contribution in [0.5, 0.6) is 0 Å². The first-order valence-electron chi connectivity index (χ1n) is 8.97. The lowest BCUT2D eigenvalue weighted by Gasteiger charge is -2.15. The van der Waals surface area contributed by atoms with Crippen molar-refractivity contribution in [3.63, 3.8) is 0 Å². The van der Waals surface area contributed by atoms with Gasteiger partial charge in [0.15, 0.2) is 0 Å². The van der Waals surface area contributed by atoms with E-state index in [4.69, 9.17) is 0 Å². The number of anilines is 1. The SMILES string of the molecule is CCc1ccc(C(=O)Nc2ccccc2C(=O)NC2CCCC2)cc1. The Hall–Kier alpha value is -2.62. The molecule has 130 valence electrons. The van der Waals surface area contributed by atoms with Crippen LogP contribution in [0.15, 0.2) is 48.5 Å². The quantitative estimate of drug-likeness (QED) is 0.861. The Balaban J connectivity index is 1.73. The summed E-state index contributed by atoms with van der Waals surface area (Å²) < 4.78 is 0. The van der Waals surface area contributed by atoms with Crippen molar-refractivity contribution in [3.05, 3.63) is 65.2 Å². The highest BCUT2D eigenvalue weighted by Gasteiger charge is 2.20. The fraction of sp³-hybridized carbons (Fsp3) is 0.333. The molecule has 1 aliphatic carbocycles. The summed E-state index contributed by atoms with van der Waals surface area (Å²) in [6.45, 7) is 2.08. The molecule has 0 radical (unpaired) electrons. The summed E-state index contributed by atoms with van der Waals surface area (Å²) in [6.07, 6.45) is 5.33. The Morgan fingerprint density at radius 3 is 2.32 bits per heavy atom. The minimum Gasteiger partial charge on any atom is -0.349 e. The molecule has 2 aromatic rings. The van der Waals surface area contributed by atoms with Crippen molar-refractivity contribution in [2.45, 2.75) is 45.1 Å². The van der Waals surface area contributed by atoms with Crippen LogP contribution in [-0.2, 0) is 6.42 Å². The summed E-state index contributed by atoms with van der Waals surface area (Å²) in [7, 11) is 0. The number of benzene rings is 2. The maximum atomic E-state index is 12.6. The molecule has 1 aliphatic rings. The molecule has 25 heavy (non-hydrogen) atoms. The van der Waals surface area contributed by atoms with E-state index >= 15 is 0 Å². The van der Waals surface area contributed by atoms with E-state index in [1.807, 2.05) is 36.4 Å².